The number of aromatic amines is 1. The number of fused-ring (bicyclic) bond motifs is 1. The summed E-state index contributed by atoms with van der Waals surface area (Å²) in [6.07, 6.45) is -5.29. The van der Waals surface area contributed by atoms with Crippen molar-refractivity contribution in [2.24, 2.45) is 0 Å². The maximum atomic E-state index is 14.6. The summed E-state index contributed by atoms with van der Waals surface area (Å²) in [5.74, 6) is -2.38. The van der Waals surface area contributed by atoms with E-state index in [0.717, 1.165) is 44.6 Å². The van der Waals surface area contributed by atoms with E-state index in [1.165, 1.54) is 6.07 Å². The van der Waals surface area contributed by atoms with Crippen molar-refractivity contribution in [3.8, 4) is 5.75 Å². The van der Waals surface area contributed by atoms with E-state index in [2.05, 4.69) is 15.0 Å². The second kappa shape index (κ2) is 9.16. The van der Waals surface area contributed by atoms with Crippen molar-refractivity contribution in [1.82, 2.24) is 4.98 Å². The lowest BCUT2D eigenvalue weighted by Gasteiger charge is -2.38. The van der Waals surface area contributed by atoms with E-state index < -0.39 is 52.2 Å². The van der Waals surface area contributed by atoms with Gasteiger partial charge in [-0.1, -0.05) is 17.7 Å². The Kier molecular flexibility index (Phi) is 6.87. The lowest BCUT2D eigenvalue weighted by Crippen LogP contribution is -2.56. The molecule has 3 rings (SSSR count). The molecule has 0 amide bonds. The van der Waals surface area contributed by atoms with Gasteiger partial charge >= 0.3 is 6.18 Å². The first-order valence-electron chi connectivity index (χ1n) is 9.32. The van der Waals surface area contributed by atoms with E-state index in [9.17, 15) is 31.9 Å². The average Bonchev–Trinajstić information content (AvgIpc) is 2.73. The SMILES string of the molecule is COCC(O)([C@@H](Nc1cc(F)cc2[nH]c(=O)ccc12)c1ccc(OC)c(F)c1Cl)C(F)(F)F. The summed E-state index contributed by atoms with van der Waals surface area (Å²) in [6.45, 7) is -1.26. The van der Waals surface area contributed by atoms with Crippen LogP contribution in [-0.4, -0.2) is 42.7 Å². The van der Waals surface area contributed by atoms with Crippen LogP contribution in [0.5, 0.6) is 5.75 Å². The molecule has 0 aliphatic carbocycles. The highest BCUT2D eigenvalue weighted by molar-refractivity contribution is 6.31. The van der Waals surface area contributed by atoms with E-state index >= 15 is 0 Å². The van der Waals surface area contributed by atoms with Crippen molar-refractivity contribution in [3.05, 3.63) is 69.0 Å². The van der Waals surface area contributed by atoms with Gasteiger partial charge in [0, 0.05) is 24.2 Å². The maximum Gasteiger partial charge on any atom is 0.421 e. The van der Waals surface area contributed by atoms with Crippen LogP contribution in [0, 0.1) is 11.6 Å². The number of methoxy groups -OCH3 is 2. The van der Waals surface area contributed by atoms with Gasteiger partial charge in [-0.05, 0) is 29.8 Å². The molecule has 1 unspecified atom stereocenters. The third kappa shape index (κ3) is 4.61. The van der Waals surface area contributed by atoms with Crippen LogP contribution in [0.2, 0.25) is 5.02 Å². The largest absolute Gasteiger partial charge is 0.494 e. The summed E-state index contributed by atoms with van der Waals surface area (Å²) >= 11 is 6.03. The molecule has 0 saturated carbocycles. The van der Waals surface area contributed by atoms with Gasteiger partial charge in [-0.15, -0.1) is 0 Å². The van der Waals surface area contributed by atoms with Gasteiger partial charge in [0.1, 0.15) is 5.82 Å². The second-order valence-electron chi connectivity index (χ2n) is 7.15. The number of aromatic nitrogens is 1. The van der Waals surface area contributed by atoms with Gasteiger partial charge < -0.3 is 24.9 Å². The fraction of sp³-hybridized carbons (Fsp3) is 0.286. The number of benzene rings is 2. The summed E-state index contributed by atoms with van der Waals surface area (Å²) < 4.78 is 80.6. The number of pyridine rings is 1. The smallest absolute Gasteiger partial charge is 0.421 e. The van der Waals surface area contributed by atoms with E-state index in [1.54, 1.807) is 0 Å². The van der Waals surface area contributed by atoms with Crippen molar-refractivity contribution >= 4 is 28.2 Å². The van der Waals surface area contributed by atoms with Gasteiger partial charge in [0.25, 0.3) is 0 Å². The molecule has 3 N–H and O–H groups in total. The van der Waals surface area contributed by atoms with Gasteiger partial charge in [-0.3, -0.25) is 4.79 Å². The zero-order chi connectivity index (χ0) is 24.6. The van der Waals surface area contributed by atoms with Crippen molar-refractivity contribution in [2.75, 3.05) is 26.1 Å². The Morgan fingerprint density at radius 3 is 2.45 bits per heavy atom. The molecule has 178 valence electrons. The highest BCUT2D eigenvalue weighted by Crippen LogP contribution is 2.46. The van der Waals surface area contributed by atoms with Crippen molar-refractivity contribution in [3.63, 3.8) is 0 Å². The zero-order valence-corrected chi connectivity index (χ0v) is 17.9. The monoisotopic (exact) mass is 492 g/mol. The van der Waals surface area contributed by atoms with Crippen molar-refractivity contribution < 1.29 is 36.5 Å². The molecular formula is C21H18ClF5N2O4. The summed E-state index contributed by atoms with van der Waals surface area (Å²) in [5.41, 5.74) is -4.93. The third-order valence-electron chi connectivity index (χ3n) is 5.04. The first-order valence-corrected chi connectivity index (χ1v) is 9.69. The second-order valence-corrected chi connectivity index (χ2v) is 7.53. The quantitative estimate of drug-likeness (QED) is 0.421. The number of hydrogen-bond acceptors (Lipinski definition) is 5. The first kappa shape index (κ1) is 24.7. The molecule has 0 radical (unpaired) electrons. The van der Waals surface area contributed by atoms with E-state index in [1.807, 2.05) is 0 Å². The minimum Gasteiger partial charge on any atom is -0.494 e. The number of aliphatic hydroxyl groups is 1. The normalized spacial score (nSPS) is 14.7. The summed E-state index contributed by atoms with van der Waals surface area (Å²) in [6, 6.07) is 4.10. The summed E-state index contributed by atoms with van der Waals surface area (Å²) in [7, 11) is 2.08. The number of ether oxygens (including phenoxy) is 2. The lowest BCUT2D eigenvalue weighted by molar-refractivity contribution is -0.279. The first-order chi connectivity index (χ1) is 15.4. The summed E-state index contributed by atoms with van der Waals surface area (Å²) in [4.78, 5) is 14.0. The number of anilines is 1. The van der Waals surface area contributed by atoms with Crippen LogP contribution in [-0.2, 0) is 4.74 Å². The van der Waals surface area contributed by atoms with Crippen LogP contribution >= 0.6 is 11.6 Å². The van der Waals surface area contributed by atoms with Crippen LogP contribution in [0.15, 0.2) is 41.2 Å². The average molecular weight is 493 g/mol. The number of halogens is 6. The maximum absolute atomic E-state index is 14.6. The van der Waals surface area contributed by atoms with Crippen LogP contribution in [0.1, 0.15) is 11.6 Å². The van der Waals surface area contributed by atoms with E-state index in [4.69, 9.17) is 16.3 Å². The number of alkyl halides is 3. The Morgan fingerprint density at radius 2 is 1.85 bits per heavy atom. The fourth-order valence-corrected chi connectivity index (χ4v) is 3.71. The van der Waals surface area contributed by atoms with Crippen LogP contribution in [0.25, 0.3) is 10.9 Å². The van der Waals surface area contributed by atoms with Gasteiger partial charge in [0.2, 0.25) is 11.2 Å². The molecular weight excluding hydrogens is 475 g/mol. The van der Waals surface area contributed by atoms with Crippen LogP contribution in [0.3, 0.4) is 0 Å². The van der Waals surface area contributed by atoms with Gasteiger partial charge in [0.05, 0.1) is 30.3 Å². The molecule has 0 aliphatic rings. The molecule has 0 saturated heterocycles. The molecule has 12 heteroatoms. The standard InChI is InChI=1S/C21H18ClF5N2O4/c1-32-9-20(31,21(25,26)27)19(12-3-5-15(33-2)18(24)17(12)22)29-14-8-10(23)7-13-11(14)4-6-16(30)28-13/h3-8,19,29,31H,9H2,1-2H3,(H,28,30)/t19-,20?/m0/s1. The molecule has 0 bridgehead atoms. The van der Waals surface area contributed by atoms with Gasteiger partial charge in [-0.25, -0.2) is 8.78 Å². The molecule has 0 fully saturated rings. The van der Waals surface area contributed by atoms with Crippen molar-refractivity contribution in [1.29, 1.82) is 0 Å². The Morgan fingerprint density at radius 1 is 1.15 bits per heavy atom. The zero-order valence-electron chi connectivity index (χ0n) is 17.2. The number of rotatable bonds is 7. The molecule has 3 aromatic rings. The van der Waals surface area contributed by atoms with Gasteiger partial charge in [0.15, 0.2) is 11.6 Å². The van der Waals surface area contributed by atoms with E-state index in [0.29, 0.717) is 0 Å². The molecule has 33 heavy (non-hydrogen) atoms. The number of nitrogens with one attached hydrogen (secondary N) is 2. The Balaban J connectivity index is 2.29. The molecule has 0 aliphatic heterocycles. The predicted molar refractivity (Wildman–Crippen MR) is 112 cm³/mol. The third-order valence-corrected chi connectivity index (χ3v) is 5.43. The van der Waals surface area contributed by atoms with E-state index in [-0.39, 0.29) is 22.3 Å². The molecule has 6 nitrogen and oxygen atoms in total. The highest BCUT2D eigenvalue weighted by atomic mass is 35.5. The molecule has 2 atom stereocenters. The number of hydrogen-bond donors (Lipinski definition) is 3. The Labute approximate surface area is 188 Å². The number of H-pyrrole nitrogens is 1. The molecule has 2 aromatic carbocycles. The lowest BCUT2D eigenvalue weighted by atomic mass is 9.87. The van der Waals surface area contributed by atoms with Crippen molar-refractivity contribution in [2.45, 2.75) is 17.8 Å². The van der Waals surface area contributed by atoms with Gasteiger partial charge in [-0.2, -0.15) is 13.2 Å². The summed E-state index contributed by atoms with van der Waals surface area (Å²) in [5, 5.41) is 12.6. The van der Waals surface area contributed by atoms with Crippen LogP contribution < -0.4 is 15.6 Å². The minimum absolute atomic E-state index is 0.0157. The molecule has 1 aromatic heterocycles. The molecule has 0 spiro atoms. The highest BCUT2D eigenvalue weighted by Gasteiger charge is 2.60. The molecule has 1 heterocycles. The van der Waals surface area contributed by atoms with Crippen LogP contribution in [0.4, 0.5) is 27.6 Å². The minimum atomic E-state index is -5.29. The fourth-order valence-electron chi connectivity index (χ4n) is 3.44. The topological polar surface area (TPSA) is 83.6 Å². The Hall–Kier alpha value is -2.89. The predicted octanol–water partition coefficient (Wildman–Crippen LogP) is 4.56. The Bertz CT molecular complexity index is 1230.